The van der Waals surface area contributed by atoms with Crippen molar-refractivity contribution in [1.29, 1.82) is 0 Å². The summed E-state index contributed by atoms with van der Waals surface area (Å²) < 4.78 is 0. The van der Waals surface area contributed by atoms with Crippen LogP contribution < -0.4 is 5.32 Å². The third-order valence-corrected chi connectivity index (χ3v) is 4.23. The highest BCUT2D eigenvalue weighted by Crippen LogP contribution is 2.28. The summed E-state index contributed by atoms with van der Waals surface area (Å²) in [5.74, 6) is 1.16. The number of likely N-dealkylation sites (N-methyl/N-ethyl adjacent to an activating group) is 1. The molecule has 1 N–H and O–H groups in total. The van der Waals surface area contributed by atoms with Gasteiger partial charge in [0.25, 0.3) is 0 Å². The maximum Gasteiger partial charge on any atom is 0.222 e. The Balaban J connectivity index is 1.78. The van der Waals surface area contributed by atoms with Crippen LogP contribution in [0.4, 0.5) is 0 Å². The highest BCUT2D eigenvalue weighted by molar-refractivity contribution is 5.76. The molecule has 1 aliphatic carbocycles. The molecule has 2 fully saturated rings. The molecule has 2 aliphatic rings. The van der Waals surface area contributed by atoms with Crippen molar-refractivity contribution in [3.8, 4) is 0 Å². The van der Waals surface area contributed by atoms with E-state index in [1.54, 1.807) is 0 Å². The van der Waals surface area contributed by atoms with Gasteiger partial charge in [-0.15, -0.1) is 0 Å². The quantitative estimate of drug-likeness (QED) is 0.792. The van der Waals surface area contributed by atoms with Crippen LogP contribution in [0.2, 0.25) is 0 Å². The van der Waals surface area contributed by atoms with E-state index in [1.165, 1.54) is 25.7 Å². The second kappa shape index (κ2) is 5.17. The van der Waals surface area contributed by atoms with Crippen LogP contribution in [0.3, 0.4) is 0 Å². The lowest BCUT2D eigenvalue weighted by Gasteiger charge is -2.33. The second-order valence-corrected chi connectivity index (χ2v) is 5.51. The zero-order valence-electron chi connectivity index (χ0n) is 10.5. The van der Waals surface area contributed by atoms with Crippen LogP contribution in [0.1, 0.15) is 45.4 Å². The molecule has 0 aromatic rings. The highest BCUT2D eigenvalue weighted by Gasteiger charge is 2.27. The number of likely N-dealkylation sites (tertiary alicyclic amines) is 1. The zero-order chi connectivity index (χ0) is 11.5. The number of piperidine rings is 1. The minimum atomic E-state index is 0.298. The Hall–Kier alpha value is -0.570. The molecule has 2 unspecified atom stereocenters. The van der Waals surface area contributed by atoms with Crippen molar-refractivity contribution >= 4 is 5.91 Å². The van der Waals surface area contributed by atoms with E-state index in [0.717, 1.165) is 18.9 Å². The van der Waals surface area contributed by atoms with E-state index in [4.69, 9.17) is 0 Å². The van der Waals surface area contributed by atoms with E-state index < -0.39 is 0 Å². The van der Waals surface area contributed by atoms with Gasteiger partial charge in [0.2, 0.25) is 5.91 Å². The molecule has 1 saturated carbocycles. The van der Waals surface area contributed by atoms with E-state index in [-0.39, 0.29) is 0 Å². The number of amides is 1. The number of nitrogens with one attached hydrogen (secondary N) is 1. The first-order valence-electron chi connectivity index (χ1n) is 6.67. The van der Waals surface area contributed by atoms with Gasteiger partial charge in [-0.2, -0.15) is 0 Å². The molecule has 1 heterocycles. The summed E-state index contributed by atoms with van der Waals surface area (Å²) in [5, 5.41) is 3.72. The number of carbonyl (C=O) groups is 1. The first-order valence-corrected chi connectivity index (χ1v) is 6.67. The van der Waals surface area contributed by atoms with Crippen molar-refractivity contribution in [3.63, 3.8) is 0 Å². The summed E-state index contributed by atoms with van der Waals surface area (Å²) >= 11 is 0. The SMILES string of the molecule is CC(NC1CCC(=O)N(C)C1)C1CCCC1. The van der Waals surface area contributed by atoms with Gasteiger partial charge in [-0.3, -0.25) is 4.79 Å². The van der Waals surface area contributed by atoms with Crippen molar-refractivity contribution < 1.29 is 4.79 Å². The Labute approximate surface area is 98.6 Å². The Bertz CT molecular complexity index is 248. The molecule has 1 amide bonds. The van der Waals surface area contributed by atoms with Crippen LogP contribution >= 0.6 is 0 Å². The summed E-state index contributed by atoms with van der Waals surface area (Å²) in [6, 6.07) is 1.13. The molecule has 16 heavy (non-hydrogen) atoms. The van der Waals surface area contributed by atoms with Gasteiger partial charge in [0, 0.05) is 32.1 Å². The van der Waals surface area contributed by atoms with Crippen molar-refractivity contribution in [2.24, 2.45) is 5.92 Å². The van der Waals surface area contributed by atoms with E-state index in [2.05, 4.69) is 12.2 Å². The Morgan fingerprint density at radius 3 is 2.62 bits per heavy atom. The molecule has 3 heteroatoms. The fourth-order valence-corrected chi connectivity index (χ4v) is 3.11. The minimum absolute atomic E-state index is 0.298. The first kappa shape index (κ1) is 11.9. The van der Waals surface area contributed by atoms with Gasteiger partial charge in [-0.25, -0.2) is 0 Å². The molecular formula is C13H24N2O. The fourth-order valence-electron chi connectivity index (χ4n) is 3.11. The van der Waals surface area contributed by atoms with E-state index in [1.807, 2.05) is 11.9 Å². The van der Waals surface area contributed by atoms with Crippen LogP contribution in [0.15, 0.2) is 0 Å². The van der Waals surface area contributed by atoms with Crippen molar-refractivity contribution in [2.45, 2.75) is 57.5 Å². The molecule has 0 aromatic carbocycles. The van der Waals surface area contributed by atoms with Gasteiger partial charge >= 0.3 is 0 Å². The molecule has 0 bridgehead atoms. The lowest BCUT2D eigenvalue weighted by atomic mass is 9.97. The number of hydrogen-bond donors (Lipinski definition) is 1. The Kier molecular flexibility index (Phi) is 3.85. The predicted molar refractivity (Wildman–Crippen MR) is 65.2 cm³/mol. The summed E-state index contributed by atoms with van der Waals surface area (Å²) in [7, 11) is 1.91. The van der Waals surface area contributed by atoms with Gasteiger partial charge in [0.15, 0.2) is 0 Å². The van der Waals surface area contributed by atoms with Gasteiger partial charge in [-0.05, 0) is 32.1 Å². The smallest absolute Gasteiger partial charge is 0.222 e. The largest absolute Gasteiger partial charge is 0.344 e. The van der Waals surface area contributed by atoms with Crippen LogP contribution in [0, 0.1) is 5.92 Å². The highest BCUT2D eigenvalue weighted by atomic mass is 16.2. The van der Waals surface area contributed by atoms with Crippen molar-refractivity contribution in [1.82, 2.24) is 10.2 Å². The zero-order valence-corrected chi connectivity index (χ0v) is 10.5. The number of hydrogen-bond acceptors (Lipinski definition) is 2. The molecule has 1 aliphatic heterocycles. The standard InChI is InChI=1S/C13H24N2O/c1-10(11-5-3-4-6-11)14-12-7-8-13(16)15(2)9-12/h10-12,14H,3-9H2,1-2H3. The van der Waals surface area contributed by atoms with E-state index >= 15 is 0 Å². The summed E-state index contributed by atoms with van der Waals surface area (Å²) in [5.41, 5.74) is 0. The monoisotopic (exact) mass is 224 g/mol. The summed E-state index contributed by atoms with van der Waals surface area (Å²) in [6.45, 7) is 3.20. The molecule has 1 saturated heterocycles. The average Bonchev–Trinajstić information content (AvgIpc) is 2.77. The number of nitrogens with zero attached hydrogens (tertiary/aromatic N) is 1. The third kappa shape index (κ3) is 2.76. The van der Waals surface area contributed by atoms with Gasteiger partial charge in [0.1, 0.15) is 0 Å². The van der Waals surface area contributed by atoms with E-state index in [9.17, 15) is 4.79 Å². The molecular weight excluding hydrogens is 200 g/mol. The van der Waals surface area contributed by atoms with Crippen LogP contribution in [0.25, 0.3) is 0 Å². The Morgan fingerprint density at radius 2 is 2.00 bits per heavy atom. The lowest BCUT2D eigenvalue weighted by molar-refractivity contribution is -0.132. The summed E-state index contributed by atoms with van der Waals surface area (Å²) in [6.07, 6.45) is 7.30. The summed E-state index contributed by atoms with van der Waals surface area (Å²) in [4.78, 5) is 13.2. The normalized spacial score (nSPS) is 29.8. The van der Waals surface area contributed by atoms with Crippen LogP contribution in [0.5, 0.6) is 0 Å². The predicted octanol–water partition coefficient (Wildman–Crippen LogP) is 1.78. The average molecular weight is 224 g/mol. The number of rotatable bonds is 3. The van der Waals surface area contributed by atoms with Gasteiger partial charge in [0.05, 0.1) is 0 Å². The maximum absolute atomic E-state index is 11.4. The molecule has 0 spiro atoms. The molecule has 0 aromatic heterocycles. The van der Waals surface area contributed by atoms with Crippen LogP contribution in [-0.2, 0) is 4.79 Å². The first-order chi connectivity index (χ1) is 7.66. The van der Waals surface area contributed by atoms with Crippen molar-refractivity contribution in [2.75, 3.05) is 13.6 Å². The molecule has 92 valence electrons. The number of carbonyl (C=O) groups excluding carboxylic acids is 1. The van der Waals surface area contributed by atoms with E-state index in [0.29, 0.717) is 24.4 Å². The molecule has 2 rings (SSSR count). The van der Waals surface area contributed by atoms with Crippen LogP contribution in [-0.4, -0.2) is 36.5 Å². The molecule has 2 atom stereocenters. The second-order valence-electron chi connectivity index (χ2n) is 5.51. The van der Waals surface area contributed by atoms with Gasteiger partial charge < -0.3 is 10.2 Å². The topological polar surface area (TPSA) is 32.3 Å². The fraction of sp³-hybridized carbons (Fsp3) is 0.923. The Morgan fingerprint density at radius 1 is 1.31 bits per heavy atom. The maximum atomic E-state index is 11.4. The minimum Gasteiger partial charge on any atom is -0.344 e. The molecule has 0 radical (unpaired) electrons. The van der Waals surface area contributed by atoms with Crippen molar-refractivity contribution in [3.05, 3.63) is 0 Å². The third-order valence-electron chi connectivity index (χ3n) is 4.23. The van der Waals surface area contributed by atoms with Gasteiger partial charge in [-0.1, -0.05) is 12.8 Å². The molecule has 3 nitrogen and oxygen atoms in total. The lowest BCUT2D eigenvalue weighted by Crippen LogP contribution is -2.50.